The maximum absolute atomic E-state index is 12.6. The number of ether oxygens (including phenoxy) is 1. The van der Waals surface area contributed by atoms with Crippen LogP contribution >= 0.6 is 0 Å². The van der Waals surface area contributed by atoms with Crippen molar-refractivity contribution in [3.8, 4) is 5.75 Å². The van der Waals surface area contributed by atoms with E-state index in [4.69, 9.17) is 4.74 Å². The van der Waals surface area contributed by atoms with Gasteiger partial charge < -0.3 is 10.1 Å². The highest BCUT2D eigenvalue weighted by Crippen LogP contribution is 2.22. The van der Waals surface area contributed by atoms with Crippen molar-refractivity contribution in [2.45, 2.75) is 82.7 Å². The molecule has 1 saturated carbocycles. The van der Waals surface area contributed by atoms with Crippen LogP contribution in [0, 0.1) is 6.92 Å². The monoisotopic (exact) mass is 396 g/mol. The van der Waals surface area contributed by atoms with Gasteiger partial charge in [-0.15, -0.1) is 0 Å². The number of amides is 1. The Kier molecular flexibility index (Phi) is 8.10. The number of rotatable bonds is 7. The van der Waals surface area contributed by atoms with Crippen LogP contribution in [0.1, 0.15) is 64.4 Å². The first-order valence-corrected chi connectivity index (χ1v) is 11.4. The average molecular weight is 397 g/mol. The number of hydrogen-bond donors (Lipinski definition) is 2. The molecule has 0 aliphatic heterocycles. The third-order valence-electron chi connectivity index (χ3n) is 4.93. The third kappa shape index (κ3) is 6.50. The number of nitrogens with one attached hydrogen (secondary N) is 2. The van der Waals surface area contributed by atoms with Crippen LogP contribution in [0.5, 0.6) is 5.75 Å². The molecule has 1 aliphatic carbocycles. The Balaban J connectivity index is 1.99. The zero-order valence-electron chi connectivity index (χ0n) is 16.6. The van der Waals surface area contributed by atoms with Gasteiger partial charge in [0.2, 0.25) is 15.9 Å². The maximum atomic E-state index is 12.6. The number of aryl methyl sites for hydroxylation is 1. The van der Waals surface area contributed by atoms with E-state index in [-0.39, 0.29) is 16.8 Å². The Morgan fingerprint density at radius 3 is 2.41 bits per heavy atom. The molecular weight excluding hydrogens is 364 g/mol. The van der Waals surface area contributed by atoms with Gasteiger partial charge in [0.05, 0.1) is 17.5 Å². The Hall–Kier alpha value is -1.60. The van der Waals surface area contributed by atoms with Crippen molar-refractivity contribution in [2.24, 2.45) is 0 Å². The molecule has 6 nitrogen and oxygen atoms in total. The minimum Gasteiger partial charge on any atom is -0.494 e. The molecule has 0 spiro atoms. The molecule has 1 aliphatic rings. The number of hydrogen-bond acceptors (Lipinski definition) is 4. The molecule has 1 aromatic rings. The van der Waals surface area contributed by atoms with E-state index in [1.807, 2.05) is 6.92 Å². The van der Waals surface area contributed by atoms with Crippen molar-refractivity contribution in [3.05, 3.63) is 23.8 Å². The molecule has 27 heavy (non-hydrogen) atoms. The van der Waals surface area contributed by atoms with Crippen LogP contribution in [0.2, 0.25) is 0 Å². The van der Waals surface area contributed by atoms with Gasteiger partial charge in [0, 0.05) is 6.04 Å². The first-order chi connectivity index (χ1) is 12.8. The van der Waals surface area contributed by atoms with Crippen molar-refractivity contribution in [1.29, 1.82) is 0 Å². The smallest absolute Gasteiger partial charge is 0.241 e. The van der Waals surface area contributed by atoms with Crippen LogP contribution in [-0.2, 0) is 14.8 Å². The van der Waals surface area contributed by atoms with Crippen LogP contribution < -0.4 is 14.8 Å². The molecule has 0 saturated heterocycles. The topological polar surface area (TPSA) is 84.5 Å². The molecule has 1 fully saturated rings. The minimum atomic E-state index is -3.78. The lowest BCUT2D eigenvalue weighted by atomic mass is 9.96. The van der Waals surface area contributed by atoms with Gasteiger partial charge in [0.1, 0.15) is 5.75 Å². The second-order valence-electron chi connectivity index (χ2n) is 7.25. The van der Waals surface area contributed by atoms with E-state index < -0.39 is 16.1 Å². The van der Waals surface area contributed by atoms with Crippen LogP contribution in [0.3, 0.4) is 0 Å². The van der Waals surface area contributed by atoms with Gasteiger partial charge in [-0.3, -0.25) is 4.79 Å². The van der Waals surface area contributed by atoms with E-state index in [1.54, 1.807) is 26.0 Å². The summed E-state index contributed by atoms with van der Waals surface area (Å²) < 4.78 is 33.2. The molecule has 0 unspecified atom stereocenters. The largest absolute Gasteiger partial charge is 0.494 e. The van der Waals surface area contributed by atoms with Gasteiger partial charge in [0.25, 0.3) is 0 Å². The summed E-state index contributed by atoms with van der Waals surface area (Å²) in [5, 5.41) is 3.01. The lowest BCUT2D eigenvalue weighted by molar-refractivity contribution is -0.123. The molecule has 1 amide bonds. The fraction of sp³-hybridized carbons (Fsp3) is 0.650. The normalized spacial score (nSPS) is 17.6. The highest BCUT2D eigenvalue weighted by atomic mass is 32.2. The van der Waals surface area contributed by atoms with Crippen molar-refractivity contribution >= 4 is 15.9 Å². The summed E-state index contributed by atoms with van der Waals surface area (Å²) in [6.45, 7) is 5.78. The number of carbonyl (C=O) groups is 1. The van der Waals surface area contributed by atoms with E-state index in [0.717, 1.165) is 31.2 Å². The van der Waals surface area contributed by atoms with E-state index in [2.05, 4.69) is 10.0 Å². The molecule has 7 heteroatoms. The van der Waals surface area contributed by atoms with Crippen molar-refractivity contribution in [2.75, 3.05) is 6.61 Å². The summed E-state index contributed by atoms with van der Waals surface area (Å²) in [5.41, 5.74) is 0.742. The third-order valence-corrected chi connectivity index (χ3v) is 6.47. The number of benzene rings is 1. The summed E-state index contributed by atoms with van der Waals surface area (Å²) in [7, 11) is -3.78. The van der Waals surface area contributed by atoms with Crippen LogP contribution in [0.25, 0.3) is 0 Å². The Morgan fingerprint density at radius 2 is 1.81 bits per heavy atom. The molecule has 0 bridgehead atoms. The van der Waals surface area contributed by atoms with Gasteiger partial charge in [0.15, 0.2) is 0 Å². The predicted octanol–water partition coefficient (Wildman–Crippen LogP) is 3.29. The van der Waals surface area contributed by atoms with Gasteiger partial charge in [-0.25, -0.2) is 8.42 Å². The highest BCUT2D eigenvalue weighted by molar-refractivity contribution is 7.89. The van der Waals surface area contributed by atoms with Gasteiger partial charge >= 0.3 is 0 Å². The van der Waals surface area contributed by atoms with E-state index in [1.165, 1.54) is 25.3 Å². The number of carbonyl (C=O) groups excluding carboxylic acids is 1. The molecule has 1 atom stereocenters. The second kappa shape index (κ2) is 10.1. The van der Waals surface area contributed by atoms with Gasteiger partial charge in [-0.1, -0.05) is 32.1 Å². The van der Waals surface area contributed by atoms with Crippen LogP contribution in [-0.4, -0.2) is 33.0 Å². The highest BCUT2D eigenvalue weighted by Gasteiger charge is 2.24. The minimum absolute atomic E-state index is 0.133. The molecule has 152 valence electrons. The Labute approximate surface area is 163 Å². The van der Waals surface area contributed by atoms with Crippen molar-refractivity contribution in [1.82, 2.24) is 10.0 Å². The summed E-state index contributed by atoms with van der Waals surface area (Å²) >= 11 is 0. The van der Waals surface area contributed by atoms with E-state index in [9.17, 15) is 13.2 Å². The Bertz CT molecular complexity index is 725. The van der Waals surface area contributed by atoms with Gasteiger partial charge in [-0.05, 0) is 57.4 Å². The lowest BCUT2D eigenvalue weighted by Crippen LogP contribution is -2.48. The summed E-state index contributed by atoms with van der Waals surface area (Å²) in [6, 6.07) is 4.02. The second-order valence-corrected chi connectivity index (χ2v) is 8.97. The quantitative estimate of drug-likeness (QED) is 0.741. The predicted molar refractivity (Wildman–Crippen MR) is 106 cm³/mol. The zero-order valence-corrected chi connectivity index (χ0v) is 17.4. The molecule has 2 N–H and O–H groups in total. The number of sulfonamides is 1. The summed E-state index contributed by atoms with van der Waals surface area (Å²) in [4.78, 5) is 12.6. The first-order valence-electron chi connectivity index (χ1n) is 9.89. The zero-order chi connectivity index (χ0) is 19.9. The average Bonchev–Trinajstić information content (AvgIpc) is 2.58. The van der Waals surface area contributed by atoms with Crippen molar-refractivity contribution in [3.63, 3.8) is 0 Å². The molecule has 0 heterocycles. The summed E-state index contributed by atoms with van der Waals surface area (Å²) in [5.74, 6) is 0.387. The molecule has 0 radical (unpaired) electrons. The summed E-state index contributed by atoms with van der Waals surface area (Å²) in [6.07, 6.45) is 7.80. The van der Waals surface area contributed by atoms with Crippen molar-refractivity contribution < 1.29 is 17.9 Å². The fourth-order valence-corrected chi connectivity index (χ4v) is 4.68. The van der Waals surface area contributed by atoms with Crippen LogP contribution in [0.4, 0.5) is 0 Å². The molecule has 1 aromatic carbocycles. The Morgan fingerprint density at radius 1 is 1.19 bits per heavy atom. The van der Waals surface area contributed by atoms with Crippen LogP contribution in [0.15, 0.2) is 23.1 Å². The molecule has 0 aromatic heterocycles. The van der Waals surface area contributed by atoms with E-state index >= 15 is 0 Å². The standard InChI is InChI=1S/C20H32N2O4S/c1-4-26-19-13-12-18(14-15(19)2)27(24,25)22-16(3)20(23)21-17-10-8-6-5-7-9-11-17/h12-14,16-17,22H,4-11H2,1-3H3,(H,21,23)/t16-/m1/s1. The SMILES string of the molecule is CCOc1ccc(S(=O)(=O)N[C@H](C)C(=O)NC2CCCCCCC2)cc1C. The molecular formula is C20H32N2O4S. The first kappa shape index (κ1) is 21.7. The maximum Gasteiger partial charge on any atom is 0.241 e. The molecule has 2 rings (SSSR count). The van der Waals surface area contributed by atoms with E-state index in [0.29, 0.717) is 12.4 Å². The lowest BCUT2D eigenvalue weighted by Gasteiger charge is -2.23. The fourth-order valence-electron chi connectivity index (χ4n) is 3.39. The van der Waals surface area contributed by atoms with Gasteiger partial charge in [-0.2, -0.15) is 4.72 Å².